The second-order valence-corrected chi connectivity index (χ2v) is 11.7. The van der Waals surface area contributed by atoms with Gasteiger partial charge in [-0.25, -0.2) is 19.5 Å². The Kier molecular flexibility index (Phi) is 8.62. The molecular formula is C29H33N5O6S. The number of amides is 2. The van der Waals surface area contributed by atoms with Crippen LogP contribution < -0.4 is 15.2 Å². The molecule has 1 aromatic carbocycles. The van der Waals surface area contributed by atoms with Gasteiger partial charge in [-0.2, -0.15) is 8.42 Å². The number of nitrogens with one attached hydrogen (secondary N) is 1. The molecule has 0 unspecified atom stereocenters. The maximum atomic E-state index is 13.3. The van der Waals surface area contributed by atoms with Gasteiger partial charge in [0.2, 0.25) is 5.88 Å². The van der Waals surface area contributed by atoms with Crippen molar-refractivity contribution in [1.29, 1.82) is 0 Å². The second-order valence-electron chi connectivity index (χ2n) is 10.1. The number of nitrogen functional groups attached to an aromatic ring is 1. The van der Waals surface area contributed by atoms with Gasteiger partial charge < -0.3 is 20.1 Å². The number of hydrogen-bond acceptors (Lipinski definition) is 9. The van der Waals surface area contributed by atoms with Gasteiger partial charge in [0, 0.05) is 13.1 Å². The molecule has 0 bridgehead atoms. The van der Waals surface area contributed by atoms with E-state index < -0.39 is 21.0 Å². The van der Waals surface area contributed by atoms with Crippen LogP contribution in [0.15, 0.2) is 53.6 Å². The topological polar surface area (TPSA) is 154 Å². The second kappa shape index (κ2) is 12.0. The summed E-state index contributed by atoms with van der Waals surface area (Å²) in [6.45, 7) is 10.1. The molecule has 0 radical (unpaired) electrons. The van der Waals surface area contributed by atoms with Crippen LogP contribution in [0.1, 0.15) is 53.0 Å². The van der Waals surface area contributed by atoms with Gasteiger partial charge in [-0.3, -0.25) is 4.79 Å². The number of nitrogens with zero attached hydrogens (tertiary/aromatic N) is 3. The molecule has 11 nitrogen and oxygen atoms in total. The van der Waals surface area contributed by atoms with E-state index in [4.69, 9.17) is 15.2 Å². The number of rotatable bonds is 7. The van der Waals surface area contributed by atoms with E-state index in [0.717, 1.165) is 22.3 Å². The molecule has 3 heterocycles. The fourth-order valence-corrected chi connectivity index (χ4v) is 5.39. The van der Waals surface area contributed by atoms with Gasteiger partial charge in [0.1, 0.15) is 17.1 Å². The minimum absolute atomic E-state index is 0.00234. The summed E-state index contributed by atoms with van der Waals surface area (Å²) in [6, 6.07) is 11.1. The lowest BCUT2D eigenvalue weighted by Gasteiger charge is -2.26. The molecule has 2 amide bonds. The maximum Gasteiger partial charge on any atom is 0.410 e. The average Bonchev–Trinajstić information content (AvgIpc) is 2.90. The Labute approximate surface area is 239 Å². The number of aromatic nitrogens is 2. The standard InChI is InChI=1S/C29H33N5O6S/c1-17(2)39-29(36)34-13-11-21(12-14-34)23-10-9-22(27(35)33-41(37,38)25-8-6-7-24(30)32-25)28(31-23)40-26-19(4)15-18(3)16-20(26)5/h6-11,15-17H,12-14H2,1-5H3,(H2,30,32)(H,33,35). The predicted molar refractivity (Wildman–Crippen MR) is 154 cm³/mol. The summed E-state index contributed by atoms with van der Waals surface area (Å²) in [5.41, 5.74) is 9.63. The van der Waals surface area contributed by atoms with E-state index in [0.29, 0.717) is 31.0 Å². The molecule has 1 aliphatic rings. The third kappa shape index (κ3) is 7.01. The lowest BCUT2D eigenvalue weighted by Crippen LogP contribution is -2.36. The highest BCUT2D eigenvalue weighted by Crippen LogP contribution is 2.33. The Morgan fingerprint density at radius 2 is 1.76 bits per heavy atom. The van der Waals surface area contributed by atoms with Crippen molar-refractivity contribution in [1.82, 2.24) is 19.6 Å². The van der Waals surface area contributed by atoms with Gasteiger partial charge >= 0.3 is 6.09 Å². The van der Waals surface area contributed by atoms with Crippen LogP contribution in [0.25, 0.3) is 5.57 Å². The molecular weight excluding hydrogens is 546 g/mol. The molecule has 3 aromatic rings. The monoisotopic (exact) mass is 579 g/mol. The van der Waals surface area contributed by atoms with Crippen LogP contribution in [0.2, 0.25) is 0 Å². The summed E-state index contributed by atoms with van der Waals surface area (Å²) in [7, 11) is -4.33. The first-order chi connectivity index (χ1) is 19.3. The summed E-state index contributed by atoms with van der Waals surface area (Å²) in [4.78, 5) is 35.6. The van der Waals surface area contributed by atoms with E-state index in [9.17, 15) is 18.0 Å². The summed E-state index contributed by atoms with van der Waals surface area (Å²) in [6.07, 6.45) is 1.76. The van der Waals surface area contributed by atoms with Gasteiger partial charge in [-0.15, -0.1) is 0 Å². The van der Waals surface area contributed by atoms with Crippen LogP contribution in [0.4, 0.5) is 10.6 Å². The average molecular weight is 580 g/mol. The lowest BCUT2D eigenvalue weighted by atomic mass is 10.0. The molecule has 0 spiro atoms. The first kappa shape index (κ1) is 29.5. The molecule has 2 aromatic heterocycles. The fraction of sp³-hybridized carbons (Fsp3) is 0.310. The molecule has 0 atom stereocenters. The molecule has 12 heteroatoms. The molecule has 0 saturated carbocycles. The van der Waals surface area contributed by atoms with Crippen molar-refractivity contribution in [2.75, 3.05) is 18.8 Å². The third-order valence-electron chi connectivity index (χ3n) is 6.29. The predicted octanol–water partition coefficient (Wildman–Crippen LogP) is 4.53. The van der Waals surface area contributed by atoms with Gasteiger partial charge in [-0.05, 0) is 82.0 Å². The number of ether oxygens (including phenoxy) is 2. The number of nitrogens with two attached hydrogens (primary N) is 1. The van der Waals surface area contributed by atoms with Crippen molar-refractivity contribution in [3.8, 4) is 11.6 Å². The zero-order chi connectivity index (χ0) is 29.9. The van der Waals surface area contributed by atoms with Gasteiger partial charge in [0.25, 0.3) is 15.9 Å². The molecule has 3 N–H and O–H groups in total. The molecule has 0 saturated heterocycles. The highest BCUT2D eigenvalue weighted by Gasteiger charge is 2.26. The molecule has 1 aliphatic heterocycles. The molecule has 4 rings (SSSR count). The molecule has 41 heavy (non-hydrogen) atoms. The highest BCUT2D eigenvalue weighted by molar-refractivity contribution is 7.90. The van der Waals surface area contributed by atoms with Crippen molar-refractivity contribution in [2.45, 2.75) is 52.2 Å². The number of anilines is 1. The van der Waals surface area contributed by atoms with Gasteiger partial charge in [-0.1, -0.05) is 29.8 Å². The van der Waals surface area contributed by atoms with E-state index in [1.807, 2.05) is 43.7 Å². The minimum Gasteiger partial charge on any atom is -0.447 e. The number of aryl methyl sites for hydroxylation is 3. The van der Waals surface area contributed by atoms with Gasteiger partial charge in [0.05, 0.1) is 11.8 Å². The Hall–Kier alpha value is -4.45. The van der Waals surface area contributed by atoms with Crippen molar-refractivity contribution in [3.63, 3.8) is 0 Å². The van der Waals surface area contributed by atoms with Crippen molar-refractivity contribution >= 4 is 33.4 Å². The smallest absolute Gasteiger partial charge is 0.410 e. The van der Waals surface area contributed by atoms with Crippen molar-refractivity contribution in [2.24, 2.45) is 0 Å². The number of carbonyl (C=O) groups is 2. The minimum atomic E-state index is -4.33. The van der Waals surface area contributed by atoms with Crippen molar-refractivity contribution < 1.29 is 27.5 Å². The van der Waals surface area contributed by atoms with Crippen LogP contribution in [0.3, 0.4) is 0 Å². The van der Waals surface area contributed by atoms with Crippen LogP contribution >= 0.6 is 0 Å². The van der Waals surface area contributed by atoms with E-state index >= 15 is 0 Å². The molecule has 0 fully saturated rings. The van der Waals surface area contributed by atoms with Crippen LogP contribution in [-0.2, 0) is 14.8 Å². The number of hydrogen-bond donors (Lipinski definition) is 2. The highest BCUT2D eigenvalue weighted by atomic mass is 32.2. The quantitative estimate of drug-likeness (QED) is 0.411. The SMILES string of the molecule is Cc1cc(C)c(Oc2nc(C3=CCN(C(=O)OC(C)C)CC3)ccc2C(=O)NS(=O)(=O)c2cccc(N)n2)c(C)c1. The fourth-order valence-electron chi connectivity index (χ4n) is 4.45. The summed E-state index contributed by atoms with van der Waals surface area (Å²) >= 11 is 0. The summed E-state index contributed by atoms with van der Waals surface area (Å²) in [5.74, 6) is -0.494. The molecule has 0 aliphatic carbocycles. The number of benzene rings is 1. The van der Waals surface area contributed by atoms with E-state index in [1.165, 1.54) is 24.3 Å². The van der Waals surface area contributed by atoms with Gasteiger partial charge in [0.15, 0.2) is 5.03 Å². The van der Waals surface area contributed by atoms with Crippen LogP contribution in [0.5, 0.6) is 11.6 Å². The van der Waals surface area contributed by atoms with Crippen LogP contribution in [-0.4, -0.2) is 54.5 Å². The normalized spacial score (nSPS) is 13.5. The first-order valence-electron chi connectivity index (χ1n) is 13.1. The lowest BCUT2D eigenvalue weighted by molar-refractivity contribution is 0.0798. The summed E-state index contributed by atoms with van der Waals surface area (Å²) in [5, 5.41) is -0.393. The maximum absolute atomic E-state index is 13.3. The number of sulfonamides is 1. The Balaban J connectivity index is 1.69. The van der Waals surface area contributed by atoms with E-state index in [2.05, 4.69) is 9.97 Å². The molecule has 216 valence electrons. The van der Waals surface area contributed by atoms with Crippen LogP contribution in [0, 0.1) is 20.8 Å². The largest absolute Gasteiger partial charge is 0.447 e. The zero-order valence-electron chi connectivity index (χ0n) is 23.6. The Bertz CT molecular complexity index is 1610. The van der Waals surface area contributed by atoms with E-state index in [1.54, 1.807) is 24.8 Å². The summed E-state index contributed by atoms with van der Waals surface area (Å²) < 4.78 is 39.3. The third-order valence-corrected chi connectivity index (χ3v) is 7.52. The van der Waals surface area contributed by atoms with E-state index in [-0.39, 0.29) is 29.5 Å². The number of pyridine rings is 2. The Morgan fingerprint density at radius 3 is 2.37 bits per heavy atom. The Morgan fingerprint density at radius 1 is 1.05 bits per heavy atom. The zero-order valence-corrected chi connectivity index (χ0v) is 24.4. The van der Waals surface area contributed by atoms with Crippen molar-refractivity contribution in [3.05, 3.63) is 76.5 Å². The number of carbonyl (C=O) groups excluding carboxylic acids is 2. The first-order valence-corrected chi connectivity index (χ1v) is 14.5.